The summed E-state index contributed by atoms with van der Waals surface area (Å²) in [6.45, 7) is 4.86. The first-order valence-corrected chi connectivity index (χ1v) is 28.6. The van der Waals surface area contributed by atoms with Crippen LogP contribution in [0.2, 0.25) is 0 Å². The monoisotopic (exact) mass is 902 g/mol. The van der Waals surface area contributed by atoms with E-state index in [0.29, 0.717) is 19.4 Å². The normalized spacial score (nSPS) is 12.8. The van der Waals surface area contributed by atoms with Gasteiger partial charge in [-0.1, -0.05) is 263 Å². The molecule has 0 spiro atoms. The highest BCUT2D eigenvalue weighted by molar-refractivity contribution is 5.76. The third-order valence-corrected chi connectivity index (χ3v) is 13.2. The first-order valence-electron chi connectivity index (χ1n) is 28.6. The molecular weight excluding hydrogens is 791 g/mol. The predicted octanol–water partition coefficient (Wildman–Crippen LogP) is 17.5. The van der Waals surface area contributed by atoms with Gasteiger partial charge in [0.1, 0.15) is 0 Å². The van der Waals surface area contributed by atoms with Gasteiger partial charge in [0, 0.05) is 12.8 Å². The SMILES string of the molecule is CCCCC/C=C\CCCCCCCC(=O)OCCCCCCCCCCCCCCCC(=O)NC(CO)C(O)/C=C/CCCCCCCCCCCCCCCCCCCCCC. The average Bonchev–Trinajstić information content (AvgIpc) is 3.29. The van der Waals surface area contributed by atoms with Crippen LogP contribution >= 0.6 is 0 Å². The van der Waals surface area contributed by atoms with Gasteiger partial charge >= 0.3 is 5.97 Å². The molecule has 0 radical (unpaired) electrons. The van der Waals surface area contributed by atoms with E-state index in [2.05, 4.69) is 31.3 Å². The molecule has 64 heavy (non-hydrogen) atoms. The van der Waals surface area contributed by atoms with E-state index in [1.807, 2.05) is 6.08 Å². The van der Waals surface area contributed by atoms with Gasteiger partial charge in [-0.15, -0.1) is 0 Å². The van der Waals surface area contributed by atoms with Crippen molar-refractivity contribution in [3.63, 3.8) is 0 Å². The van der Waals surface area contributed by atoms with E-state index in [-0.39, 0.29) is 18.5 Å². The number of hydrogen-bond donors (Lipinski definition) is 3. The van der Waals surface area contributed by atoms with Crippen LogP contribution in [0.1, 0.15) is 309 Å². The Morgan fingerprint density at radius 3 is 1.14 bits per heavy atom. The zero-order valence-corrected chi connectivity index (χ0v) is 43.0. The number of aliphatic hydroxyl groups is 2. The van der Waals surface area contributed by atoms with Gasteiger partial charge in [0.05, 0.1) is 25.4 Å². The second-order valence-electron chi connectivity index (χ2n) is 19.6. The first kappa shape index (κ1) is 62.3. The first-order chi connectivity index (χ1) is 31.5. The highest BCUT2D eigenvalue weighted by Crippen LogP contribution is 2.17. The minimum Gasteiger partial charge on any atom is -0.466 e. The lowest BCUT2D eigenvalue weighted by Crippen LogP contribution is -2.45. The number of amides is 1. The van der Waals surface area contributed by atoms with Crippen LogP contribution < -0.4 is 5.32 Å². The Bertz CT molecular complexity index is 997. The van der Waals surface area contributed by atoms with Crippen molar-refractivity contribution in [2.75, 3.05) is 13.2 Å². The number of carbonyl (C=O) groups excluding carboxylic acids is 2. The Labute approximate surface area is 399 Å². The number of esters is 1. The summed E-state index contributed by atoms with van der Waals surface area (Å²) in [5.74, 6) is -0.0951. The highest BCUT2D eigenvalue weighted by Gasteiger charge is 2.18. The summed E-state index contributed by atoms with van der Waals surface area (Å²) in [6, 6.07) is -0.638. The predicted molar refractivity (Wildman–Crippen MR) is 278 cm³/mol. The minimum absolute atomic E-state index is 0.0165. The molecule has 6 nitrogen and oxygen atoms in total. The molecule has 0 aliphatic heterocycles. The van der Waals surface area contributed by atoms with Crippen LogP contribution in [-0.4, -0.2) is 47.4 Å². The van der Waals surface area contributed by atoms with Gasteiger partial charge in [0.15, 0.2) is 0 Å². The standard InChI is InChI=1S/C58H111NO5/c1-3-5-7-9-11-13-15-17-18-19-20-21-22-23-24-25-27-30-34-38-42-46-50-56(61)55(54-60)59-57(62)51-47-43-39-35-31-28-26-29-33-37-41-45-49-53-64-58(63)52-48-44-40-36-32-16-14-12-10-8-6-4-2/h12,14,46,50,55-56,60-61H,3-11,13,15-45,47-49,51-54H2,1-2H3,(H,59,62)/b14-12-,50-46+. The second kappa shape index (κ2) is 54.0. The van der Waals surface area contributed by atoms with E-state index in [0.717, 1.165) is 57.8 Å². The summed E-state index contributed by atoms with van der Waals surface area (Å²) in [6.07, 6.45) is 64.8. The Balaban J connectivity index is 3.49. The molecule has 0 aliphatic rings. The third-order valence-electron chi connectivity index (χ3n) is 13.2. The van der Waals surface area contributed by atoms with Gasteiger partial charge in [-0.05, 0) is 57.8 Å². The van der Waals surface area contributed by atoms with E-state index in [1.165, 1.54) is 225 Å². The van der Waals surface area contributed by atoms with Crippen LogP contribution in [0.3, 0.4) is 0 Å². The molecular formula is C58H111NO5. The van der Waals surface area contributed by atoms with Crippen molar-refractivity contribution >= 4 is 11.9 Å². The molecule has 0 aromatic carbocycles. The fraction of sp³-hybridized carbons (Fsp3) is 0.897. The maximum absolute atomic E-state index is 12.5. The molecule has 0 fully saturated rings. The van der Waals surface area contributed by atoms with Gasteiger partial charge < -0.3 is 20.3 Å². The summed E-state index contributed by atoms with van der Waals surface area (Å²) in [4.78, 5) is 24.5. The number of aliphatic hydroxyl groups excluding tert-OH is 2. The molecule has 6 heteroatoms. The van der Waals surface area contributed by atoms with Crippen molar-refractivity contribution in [1.29, 1.82) is 0 Å². The zero-order chi connectivity index (χ0) is 46.5. The number of carbonyl (C=O) groups is 2. The van der Waals surface area contributed by atoms with Crippen LogP contribution in [0, 0.1) is 0 Å². The quantitative estimate of drug-likeness (QED) is 0.0321. The van der Waals surface area contributed by atoms with Crippen molar-refractivity contribution in [3.05, 3.63) is 24.3 Å². The van der Waals surface area contributed by atoms with Gasteiger partial charge in [-0.25, -0.2) is 0 Å². The van der Waals surface area contributed by atoms with Crippen molar-refractivity contribution in [3.8, 4) is 0 Å². The lowest BCUT2D eigenvalue weighted by atomic mass is 10.0. The second-order valence-corrected chi connectivity index (χ2v) is 19.6. The smallest absolute Gasteiger partial charge is 0.305 e. The third kappa shape index (κ3) is 49.8. The summed E-state index contributed by atoms with van der Waals surface area (Å²) in [5, 5.41) is 23.2. The maximum atomic E-state index is 12.5. The number of ether oxygens (including phenoxy) is 1. The highest BCUT2D eigenvalue weighted by atomic mass is 16.5. The maximum Gasteiger partial charge on any atom is 0.305 e. The molecule has 0 saturated carbocycles. The van der Waals surface area contributed by atoms with Crippen LogP contribution in [0.4, 0.5) is 0 Å². The number of allylic oxidation sites excluding steroid dienone is 3. The number of unbranched alkanes of at least 4 members (excludes halogenated alkanes) is 40. The molecule has 0 saturated heterocycles. The molecule has 0 aromatic heterocycles. The molecule has 378 valence electrons. The van der Waals surface area contributed by atoms with Crippen LogP contribution in [0.5, 0.6) is 0 Å². The van der Waals surface area contributed by atoms with E-state index in [4.69, 9.17) is 4.74 Å². The molecule has 0 rings (SSSR count). The van der Waals surface area contributed by atoms with Crippen molar-refractivity contribution < 1.29 is 24.5 Å². The largest absolute Gasteiger partial charge is 0.466 e. The number of nitrogens with one attached hydrogen (secondary N) is 1. The molecule has 2 unspecified atom stereocenters. The summed E-state index contributed by atoms with van der Waals surface area (Å²) in [7, 11) is 0. The Morgan fingerprint density at radius 2 is 0.734 bits per heavy atom. The van der Waals surface area contributed by atoms with Crippen molar-refractivity contribution in [2.24, 2.45) is 0 Å². The van der Waals surface area contributed by atoms with E-state index >= 15 is 0 Å². The summed E-state index contributed by atoms with van der Waals surface area (Å²) >= 11 is 0. The average molecular weight is 903 g/mol. The van der Waals surface area contributed by atoms with Gasteiger partial charge in [-0.2, -0.15) is 0 Å². The van der Waals surface area contributed by atoms with Crippen molar-refractivity contribution in [2.45, 2.75) is 321 Å². The zero-order valence-electron chi connectivity index (χ0n) is 43.0. The molecule has 0 bridgehead atoms. The number of hydrogen-bond acceptors (Lipinski definition) is 5. The Kier molecular flexibility index (Phi) is 52.6. The fourth-order valence-electron chi connectivity index (χ4n) is 8.81. The fourth-order valence-corrected chi connectivity index (χ4v) is 8.81. The lowest BCUT2D eigenvalue weighted by molar-refractivity contribution is -0.143. The molecule has 2 atom stereocenters. The van der Waals surface area contributed by atoms with Crippen molar-refractivity contribution in [1.82, 2.24) is 5.32 Å². The van der Waals surface area contributed by atoms with E-state index in [9.17, 15) is 19.8 Å². The molecule has 0 aromatic rings. The van der Waals surface area contributed by atoms with Gasteiger partial charge in [0.25, 0.3) is 0 Å². The lowest BCUT2D eigenvalue weighted by Gasteiger charge is -2.20. The van der Waals surface area contributed by atoms with Gasteiger partial charge in [-0.3, -0.25) is 9.59 Å². The summed E-state index contributed by atoms with van der Waals surface area (Å²) < 4.78 is 5.45. The van der Waals surface area contributed by atoms with E-state index in [1.54, 1.807) is 6.08 Å². The molecule has 0 heterocycles. The Hall–Kier alpha value is -1.66. The van der Waals surface area contributed by atoms with Crippen LogP contribution in [0.15, 0.2) is 24.3 Å². The summed E-state index contributed by atoms with van der Waals surface area (Å²) in [5.41, 5.74) is 0. The number of rotatable bonds is 53. The van der Waals surface area contributed by atoms with E-state index < -0.39 is 12.1 Å². The topological polar surface area (TPSA) is 95.9 Å². The molecule has 0 aliphatic carbocycles. The van der Waals surface area contributed by atoms with Crippen LogP contribution in [0.25, 0.3) is 0 Å². The molecule has 3 N–H and O–H groups in total. The molecule has 1 amide bonds. The van der Waals surface area contributed by atoms with Crippen LogP contribution in [-0.2, 0) is 14.3 Å². The Morgan fingerprint density at radius 1 is 0.422 bits per heavy atom. The van der Waals surface area contributed by atoms with Gasteiger partial charge in [0.2, 0.25) is 5.91 Å². The minimum atomic E-state index is -0.854.